The van der Waals surface area contributed by atoms with E-state index >= 15 is 0 Å². The molecule has 0 bridgehead atoms. The molecule has 0 aliphatic heterocycles. The summed E-state index contributed by atoms with van der Waals surface area (Å²) in [5.41, 5.74) is 0. The van der Waals surface area contributed by atoms with Crippen LogP contribution < -0.4 is 14.8 Å². The Kier molecular flexibility index (Phi) is 4.12. The van der Waals surface area contributed by atoms with Gasteiger partial charge in [-0.3, -0.25) is 0 Å². The van der Waals surface area contributed by atoms with E-state index in [1.54, 1.807) is 13.2 Å². The fourth-order valence-electron chi connectivity index (χ4n) is 0.898. The Morgan fingerprint density at radius 2 is 2.38 bits per heavy atom. The molecule has 0 saturated carbocycles. The van der Waals surface area contributed by atoms with E-state index in [1.165, 1.54) is 0 Å². The van der Waals surface area contributed by atoms with Crippen LogP contribution in [0, 0.1) is 6.07 Å². The molecule has 0 spiro atoms. The molecule has 0 saturated heterocycles. The zero-order chi connectivity index (χ0) is 9.52. The highest BCUT2D eigenvalue weighted by Gasteiger charge is 1.95. The van der Waals surface area contributed by atoms with Gasteiger partial charge in [-0.15, -0.1) is 0 Å². The van der Waals surface area contributed by atoms with Crippen LogP contribution in [0.2, 0.25) is 0 Å². The molecule has 1 aromatic carbocycles. The topological polar surface area (TPSA) is 30.5 Å². The zero-order valence-corrected chi connectivity index (χ0v) is 7.96. The molecule has 1 aromatic rings. The summed E-state index contributed by atoms with van der Waals surface area (Å²) in [5, 5.41) is 3.00. The summed E-state index contributed by atoms with van der Waals surface area (Å²) in [6.07, 6.45) is 0. The van der Waals surface area contributed by atoms with Gasteiger partial charge in [-0.05, 0) is 19.2 Å². The SMILES string of the molecule is CNCCOc1[c]ccc(OC)c1. The molecule has 1 rings (SSSR count). The van der Waals surface area contributed by atoms with Crippen LogP contribution in [0.1, 0.15) is 0 Å². The van der Waals surface area contributed by atoms with Crippen LogP contribution in [0.25, 0.3) is 0 Å². The molecule has 3 nitrogen and oxygen atoms in total. The van der Waals surface area contributed by atoms with Gasteiger partial charge in [0.1, 0.15) is 18.1 Å². The minimum absolute atomic E-state index is 0.639. The summed E-state index contributed by atoms with van der Waals surface area (Å²) in [6.45, 7) is 1.46. The van der Waals surface area contributed by atoms with Crippen molar-refractivity contribution in [1.29, 1.82) is 0 Å². The summed E-state index contributed by atoms with van der Waals surface area (Å²) < 4.78 is 10.4. The number of ether oxygens (including phenoxy) is 2. The van der Waals surface area contributed by atoms with Gasteiger partial charge < -0.3 is 14.8 Å². The zero-order valence-electron chi connectivity index (χ0n) is 7.96. The molecule has 0 fully saturated rings. The lowest BCUT2D eigenvalue weighted by Gasteiger charge is -2.06. The second-order valence-electron chi connectivity index (χ2n) is 2.54. The molecule has 0 unspecified atom stereocenters. The van der Waals surface area contributed by atoms with Crippen molar-refractivity contribution in [3.8, 4) is 11.5 Å². The summed E-state index contributed by atoms with van der Waals surface area (Å²) in [4.78, 5) is 0. The van der Waals surface area contributed by atoms with E-state index in [1.807, 2.05) is 19.2 Å². The van der Waals surface area contributed by atoms with Crippen molar-refractivity contribution in [1.82, 2.24) is 5.32 Å². The van der Waals surface area contributed by atoms with E-state index < -0.39 is 0 Å². The Morgan fingerprint density at radius 3 is 3.08 bits per heavy atom. The summed E-state index contributed by atoms with van der Waals surface area (Å²) >= 11 is 0. The standard InChI is InChI=1S/C10H14NO2/c1-11-6-7-13-10-5-3-4-9(8-10)12-2/h3-4,8,11H,6-7H2,1-2H3. The average molecular weight is 180 g/mol. The summed E-state index contributed by atoms with van der Waals surface area (Å²) in [7, 11) is 3.52. The first-order valence-corrected chi connectivity index (χ1v) is 4.20. The lowest BCUT2D eigenvalue weighted by Crippen LogP contribution is -2.15. The molecule has 0 atom stereocenters. The third-order valence-electron chi connectivity index (χ3n) is 1.59. The van der Waals surface area contributed by atoms with Crippen LogP contribution in [0.15, 0.2) is 18.2 Å². The Labute approximate surface area is 78.7 Å². The number of methoxy groups -OCH3 is 1. The Bertz CT molecular complexity index is 250. The third-order valence-corrected chi connectivity index (χ3v) is 1.59. The van der Waals surface area contributed by atoms with Gasteiger partial charge in [-0.1, -0.05) is 0 Å². The number of hydrogen-bond donors (Lipinski definition) is 1. The molecule has 13 heavy (non-hydrogen) atoms. The van der Waals surface area contributed by atoms with Gasteiger partial charge >= 0.3 is 0 Å². The maximum atomic E-state index is 5.39. The highest BCUT2D eigenvalue weighted by atomic mass is 16.5. The second-order valence-corrected chi connectivity index (χ2v) is 2.54. The van der Waals surface area contributed by atoms with Crippen molar-refractivity contribution < 1.29 is 9.47 Å². The molecular weight excluding hydrogens is 166 g/mol. The first-order valence-electron chi connectivity index (χ1n) is 4.20. The van der Waals surface area contributed by atoms with Gasteiger partial charge in [-0.2, -0.15) is 0 Å². The largest absolute Gasteiger partial charge is 0.497 e. The lowest BCUT2D eigenvalue weighted by molar-refractivity contribution is 0.315. The van der Waals surface area contributed by atoms with Gasteiger partial charge in [0.2, 0.25) is 0 Å². The van der Waals surface area contributed by atoms with Crippen LogP contribution in [0.4, 0.5) is 0 Å². The number of hydrogen-bond acceptors (Lipinski definition) is 3. The van der Waals surface area contributed by atoms with Crippen molar-refractivity contribution in [2.75, 3.05) is 27.3 Å². The number of nitrogens with one attached hydrogen (secondary N) is 1. The summed E-state index contributed by atoms with van der Waals surface area (Å²) in [6, 6.07) is 8.41. The van der Waals surface area contributed by atoms with E-state index in [4.69, 9.17) is 9.47 Å². The minimum Gasteiger partial charge on any atom is -0.497 e. The van der Waals surface area contributed by atoms with Crippen molar-refractivity contribution in [3.63, 3.8) is 0 Å². The van der Waals surface area contributed by atoms with Crippen molar-refractivity contribution in [3.05, 3.63) is 24.3 Å². The van der Waals surface area contributed by atoms with Gasteiger partial charge in [0.15, 0.2) is 0 Å². The van der Waals surface area contributed by atoms with Crippen LogP contribution in [-0.4, -0.2) is 27.3 Å². The molecule has 0 aliphatic rings. The van der Waals surface area contributed by atoms with Crippen molar-refractivity contribution >= 4 is 0 Å². The molecule has 3 heteroatoms. The van der Waals surface area contributed by atoms with Gasteiger partial charge in [-0.25, -0.2) is 0 Å². The average Bonchev–Trinajstić information content (AvgIpc) is 2.19. The first kappa shape index (κ1) is 9.86. The van der Waals surface area contributed by atoms with E-state index in [2.05, 4.69) is 11.4 Å². The van der Waals surface area contributed by atoms with E-state index in [-0.39, 0.29) is 0 Å². The van der Waals surface area contributed by atoms with Crippen LogP contribution >= 0.6 is 0 Å². The molecule has 0 amide bonds. The maximum absolute atomic E-state index is 5.39. The minimum atomic E-state index is 0.639. The Hall–Kier alpha value is -1.22. The quantitative estimate of drug-likeness (QED) is 0.688. The molecule has 1 radical (unpaired) electrons. The van der Waals surface area contributed by atoms with Crippen molar-refractivity contribution in [2.45, 2.75) is 0 Å². The van der Waals surface area contributed by atoms with E-state index in [0.29, 0.717) is 6.61 Å². The number of benzene rings is 1. The lowest BCUT2D eigenvalue weighted by atomic mass is 10.3. The van der Waals surface area contributed by atoms with Crippen LogP contribution in [0.3, 0.4) is 0 Å². The fourth-order valence-corrected chi connectivity index (χ4v) is 0.898. The van der Waals surface area contributed by atoms with Crippen LogP contribution in [0.5, 0.6) is 11.5 Å². The fraction of sp³-hybridized carbons (Fsp3) is 0.400. The van der Waals surface area contributed by atoms with E-state index in [9.17, 15) is 0 Å². The Morgan fingerprint density at radius 1 is 1.54 bits per heavy atom. The van der Waals surface area contributed by atoms with Gasteiger partial charge in [0.25, 0.3) is 0 Å². The molecule has 0 aliphatic carbocycles. The smallest absolute Gasteiger partial charge is 0.131 e. The number of likely N-dealkylation sites (N-methyl/N-ethyl adjacent to an activating group) is 1. The summed E-state index contributed by atoms with van der Waals surface area (Å²) in [5.74, 6) is 1.51. The van der Waals surface area contributed by atoms with E-state index in [0.717, 1.165) is 18.0 Å². The highest BCUT2D eigenvalue weighted by Crippen LogP contribution is 2.17. The molecule has 0 aromatic heterocycles. The molecule has 0 heterocycles. The Balaban J connectivity index is 2.46. The number of rotatable bonds is 5. The van der Waals surface area contributed by atoms with Gasteiger partial charge in [0.05, 0.1) is 7.11 Å². The molecular formula is C10H14NO2. The predicted molar refractivity (Wildman–Crippen MR) is 51.3 cm³/mol. The van der Waals surface area contributed by atoms with Crippen molar-refractivity contribution in [2.24, 2.45) is 0 Å². The predicted octanol–water partition coefficient (Wildman–Crippen LogP) is 1.09. The monoisotopic (exact) mass is 180 g/mol. The van der Waals surface area contributed by atoms with Gasteiger partial charge in [0, 0.05) is 18.7 Å². The second kappa shape index (κ2) is 5.43. The molecule has 1 N–H and O–H groups in total. The third kappa shape index (κ3) is 3.34. The maximum Gasteiger partial charge on any atom is 0.131 e. The van der Waals surface area contributed by atoms with Crippen LogP contribution in [-0.2, 0) is 0 Å². The highest BCUT2D eigenvalue weighted by molar-refractivity contribution is 5.31. The first-order chi connectivity index (χ1) is 6.36. The molecule has 71 valence electrons. The normalized spacial score (nSPS) is 9.69.